The maximum atomic E-state index is 13.2. The molecule has 0 saturated heterocycles. The lowest BCUT2D eigenvalue weighted by Crippen LogP contribution is -2.51. The zero-order valence-electron chi connectivity index (χ0n) is 18.9. The van der Waals surface area contributed by atoms with Crippen LogP contribution in [-0.2, 0) is 16.1 Å². The standard InChI is InChI=1S/C27H30N2O4/c1-17(30)33-24-4-2-3-22(12-24)25(31)28-16-18-5-7-23(8-6-18)29-26(32)27-13-19-9-20(14-27)11-21(10-19)15-27/h2-8,12,19-21H,9-11,13-16H2,1H3,(H,28,31)(H,29,32). The van der Waals surface area contributed by atoms with E-state index in [2.05, 4.69) is 10.6 Å². The fourth-order valence-electron chi connectivity index (χ4n) is 6.51. The van der Waals surface area contributed by atoms with Gasteiger partial charge in [0.1, 0.15) is 5.75 Å². The van der Waals surface area contributed by atoms with E-state index in [0.29, 0.717) is 17.9 Å². The van der Waals surface area contributed by atoms with E-state index in [4.69, 9.17) is 4.74 Å². The normalized spacial score (nSPS) is 27.1. The molecule has 172 valence electrons. The Bertz CT molecular complexity index is 1040. The summed E-state index contributed by atoms with van der Waals surface area (Å²) in [5.41, 5.74) is 2.00. The molecule has 2 aromatic carbocycles. The molecule has 0 radical (unpaired) electrons. The third-order valence-electron chi connectivity index (χ3n) is 7.54. The summed E-state index contributed by atoms with van der Waals surface area (Å²) in [4.78, 5) is 36.8. The highest BCUT2D eigenvalue weighted by molar-refractivity contribution is 5.96. The quantitative estimate of drug-likeness (QED) is 0.498. The smallest absolute Gasteiger partial charge is 0.308 e. The van der Waals surface area contributed by atoms with Crippen LogP contribution in [0.4, 0.5) is 5.69 Å². The number of hydrogen-bond donors (Lipinski definition) is 2. The van der Waals surface area contributed by atoms with Crippen molar-refractivity contribution >= 4 is 23.5 Å². The molecule has 33 heavy (non-hydrogen) atoms. The van der Waals surface area contributed by atoms with Crippen LogP contribution in [0.3, 0.4) is 0 Å². The van der Waals surface area contributed by atoms with Gasteiger partial charge in [-0.3, -0.25) is 14.4 Å². The second-order valence-electron chi connectivity index (χ2n) is 10.2. The molecule has 0 aromatic heterocycles. The summed E-state index contributed by atoms with van der Waals surface area (Å²) in [5.74, 6) is 2.07. The lowest BCUT2D eigenvalue weighted by atomic mass is 9.49. The molecule has 4 aliphatic rings. The second kappa shape index (κ2) is 8.65. The van der Waals surface area contributed by atoms with Crippen LogP contribution in [-0.4, -0.2) is 17.8 Å². The van der Waals surface area contributed by atoms with Crippen molar-refractivity contribution in [2.24, 2.45) is 23.2 Å². The highest BCUT2D eigenvalue weighted by atomic mass is 16.5. The minimum absolute atomic E-state index is 0.165. The molecule has 0 unspecified atom stereocenters. The number of ether oxygens (including phenoxy) is 1. The summed E-state index contributed by atoms with van der Waals surface area (Å²) in [5, 5.41) is 6.05. The van der Waals surface area contributed by atoms with Crippen molar-refractivity contribution in [3.05, 3.63) is 59.7 Å². The molecular formula is C27H30N2O4. The highest BCUT2D eigenvalue weighted by Crippen LogP contribution is 2.60. The summed E-state index contributed by atoms with van der Waals surface area (Å²) >= 11 is 0. The number of esters is 1. The predicted molar refractivity (Wildman–Crippen MR) is 125 cm³/mol. The largest absolute Gasteiger partial charge is 0.427 e. The van der Waals surface area contributed by atoms with Crippen LogP contribution in [0.1, 0.15) is 61.4 Å². The van der Waals surface area contributed by atoms with Crippen molar-refractivity contribution < 1.29 is 19.1 Å². The number of carbonyl (C=O) groups is 3. The van der Waals surface area contributed by atoms with Crippen molar-refractivity contribution in [2.45, 2.75) is 52.0 Å². The molecule has 6 rings (SSSR count). The van der Waals surface area contributed by atoms with Crippen molar-refractivity contribution in [3.63, 3.8) is 0 Å². The number of nitrogens with one attached hydrogen (secondary N) is 2. The van der Waals surface area contributed by atoms with E-state index < -0.39 is 5.97 Å². The van der Waals surface area contributed by atoms with Gasteiger partial charge >= 0.3 is 5.97 Å². The van der Waals surface area contributed by atoms with Crippen molar-refractivity contribution in [1.82, 2.24) is 5.32 Å². The van der Waals surface area contributed by atoms with Crippen molar-refractivity contribution in [1.29, 1.82) is 0 Å². The van der Waals surface area contributed by atoms with Crippen LogP contribution in [0.5, 0.6) is 5.75 Å². The van der Waals surface area contributed by atoms with Crippen LogP contribution < -0.4 is 15.4 Å². The lowest BCUT2D eigenvalue weighted by molar-refractivity contribution is -0.140. The third-order valence-corrected chi connectivity index (χ3v) is 7.54. The molecule has 0 spiro atoms. The van der Waals surface area contributed by atoms with Crippen LogP contribution >= 0.6 is 0 Å². The molecule has 0 aliphatic heterocycles. The van der Waals surface area contributed by atoms with Gasteiger partial charge in [-0.05, 0) is 92.2 Å². The third kappa shape index (κ3) is 4.65. The average molecular weight is 447 g/mol. The van der Waals surface area contributed by atoms with E-state index in [9.17, 15) is 14.4 Å². The second-order valence-corrected chi connectivity index (χ2v) is 10.2. The van der Waals surface area contributed by atoms with Crippen LogP contribution in [0.25, 0.3) is 0 Å². The highest BCUT2D eigenvalue weighted by Gasteiger charge is 2.54. The summed E-state index contributed by atoms with van der Waals surface area (Å²) < 4.78 is 5.04. The van der Waals surface area contributed by atoms with Gasteiger partial charge in [0, 0.05) is 24.7 Å². The fourth-order valence-corrected chi connectivity index (χ4v) is 6.51. The topological polar surface area (TPSA) is 84.5 Å². The molecule has 4 aliphatic carbocycles. The zero-order valence-corrected chi connectivity index (χ0v) is 18.9. The Hall–Kier alpha value is -3.15. The Labute approximate surface area is 194 Å². The van der Waals surface area contributed by atoms with E-state index in [1.807, 2.05) is 24.3 Å². The lowest BCUT2D eigenvalue weighted by Gasteiger charge is -2.55. The summed E-state index contributed by atoms with van der Waals surface area (Å²) in [6, 6.07) is 14.2. The molecule has 4 saturated carbocycles. The van der Waals surface area contributed by atoms with Gasteiger partial charge in [-0.15, -0.1) is 0 Å². The molecule has 6 heteroatoms. The van der Waals surface area contributed by atoms with E-state index >= 15 is 0 Å². The van der Waals surface area contributed by atoms with Crippen molar-refractivity contribution in [2.75, 3.05) is 5.32 Å². The number of rotatable bonds is 6. The molecule has 0 heterocycles. The first-order chi connectivity index (χ1) is 15.9. The summed E-state index contributed by atoms with van der Waals surface area (Å²) in [6.07, 6.45) is 7.11. The molecule has 6 nitrogen and oxygen atoms in total. The summed E-state index contributed by atoms with van der Waals surface area (Å²) in [6.45, 7) is 1.68. The number of carbonyl (C=O) groups excluding carboxylic acids is 3. The van der Waals surface area contributed by atoms with Gasteiger partial charge in [0.05, 0.1) is 5.41 Å². The van der Waals surface area contributed by atoms with Gasteiger partial charge < -0.3 is 15.4 Å². The maximum absolute atomic E-state index is 13.2. The van der Waals surface area contributed by atoms with E-state index in [1.54, 1.807) is 24.3 Å². The molecule has 2 amide bonds. The molecular weight excluding hydrogens is 416 g/mol. The molecule has 0 atom stereocenters. The SMILES string of the molecule is CC(=O)Oc1cccc(C(=O)NCc2ccc(NC(=O)C34CC5CC(CC(C5)C3)C4)cc2)c1. The Morgan fingerprint density at radius 3 is 2.18 bits per heavy atom. The molecule has 2 N–H and O–H groups in total. The number of anilines is 1. The van der Waals surface area contributed by atoms with E-state index in [-0.39, 0.29) is 17.2 Å². The first kappa shape index (κ1) is 21.7. The minimum atomic E-state index is -0.428. The van der Waals surface area contributed by atoms with Gasteiger partial charge in [-0.1, -0.05) is 18.2 Å². The van der Waals surface area contributed by atoms with Gasteiger partial charge in [-0.25, -0.2) is 0 Å². The van der Waals surface area contributed by atoms with Gasteiger partial charge in [-0.2, -0.15) is 0 Å². The summed E-state index contributed by atoms with van der Waals surface area (Å²) in [7, 11) is 0. The van der Waals surface area contributed by atoms with Crippen LogP contribution in [0, 0.1) is 23.2 Å². The van der Waals surface area contributed by atoms with Crippen molar-refractivity contribution in [3.8, 4) is 5.75 Å². The first-order valence-corrected chi connectivity index (χ1v) is 11.9. The molecule has 2 aromatic rings. The Morgan fingerprint density at radius 2 is 1.58 bits per heavy atom. The minimum Gasteiger partial charge on any atom is -0.427 e. The monoisotopic (exact) mass is 446 g/mol. The predicted octanol–water partition coefficient (Wildman–Crippen LogP) is 4.70. The van der Waals surface area contributed by atoms with Gasteiger partial charge in [0.2, 0.25) is 5.91 Å². The zero-order chi connectivity index (χ0) is 23.0. The molecule has 4 fully saturated rings. The van der Waals surface area contributed by atoms with E-state index in [0.717, 1.165) is 48.3 Å². The maximum Gasteiger partial charge on any atom is 0.308 e. The number of hydrogen-bond acceptors (Lipinski definition) is 4. The Morgan fingerprint density at radius 1 is 0.939 bits per heavy atom. The fraction of sp³-hybridized carbons (Fsp3) is 0.444. The van der Waals surface area contributed by atoms with E-state index in [1.165, 1.54) is 26.2 Å². The van der Waals surface area contributed by atoms with Gasteiger partial charge in [0.25, 0.3) is 5.91 Å². The Kier molecular flexibility index (Phi) is 5.69. The van der Waals surface area contributed by atoms with Gasteiger partial charge in [0.15, 0.2) is 0 Å². The Balaban J connectivity index is 1.16. The number of amides is 2. The average Bonchev–Trinajstić information content (AvgIpc) is 2.77. The molecule has 4 bridgehead atoms. The first-order valence-electron chi connectivity index (χ1n) is 11.9. The van der Waals surface area contributed by atoms with Crippen LogP contribution in [0.2, 0.25) is 0 Å². The van der Waals surface area contributed by atoms with Crippen LogP contribution in [0.15, 0.2) is 48.5 Å². The number of benzene rings is 2.